The summed E-state index contributed by atoms with van der Waals surface area (Å²) in [7, 11) is 0. The van der Waals surface area contributed by atoms with Crippen molar-refractivity contribution >= 4 is 11.9 Å². The molecule has 4 aliphatic rings. The van der Waals surface area contributed by atoms with E-state index in [1.54, 1.807) is 0 Å². The van der Waals surface area contributed by atoms with Gasteiger partial charge in [0.1, 0.15) is 0 Å². The minimum Gasteiger partial charge on any atom is -0.478 e. The van der Waals surface area contributed by atoms with E-state index in [1.165, 1.54) is 12.0 Å². The number of aliphatic carboxylic acids is 1. The summed E-state index contributed by atoms with van der Waals surface area (Å²) in [4.78, 5) is 27.3. The lowest BCUT2D eigenvalue weighted by atomic mass is 9.47. The summed E-state index contributed by atoms with van der Waals surface area (Å²) in [5.74, 6) is 1.61. The number of carboxylic acids is 1. The molecule has 6 atom stereocenters. The van der Waals surface area contributed by atoms with Gasteiger partial charge in [0.2, 0.25) is 5.91 Å². The van der Waals surface area contributed by atoms with Crippen LogP contribution in [-0.2, 0) is 9.59 Å². The Hall–Kier alpha value is -1.58. The molecule has 172 valence electrons. The normalized spacial score (nSPS) is 39.4. The fourth-order valence-electron chi connectivity index (χ4n) is 8.26. The molecule has 0 aliphatic heterocycles. The van der Waals surface area contributed by atoms with Crippen LogP contribution in [0.4, 0.5) is 0 Å². The predicted octanol–water partition coefficient (Wildman–Crippen LogP) is 5.83. The van der Waals surface area contributed by atoms with Gasteiger partial charge in [-0.05, 0) is 107 Å². The SMILES string of the molecule is CC(C)N(C(=O)[C@H]1CCC2C3CCC4=CC(C(=O)O)=CC[C@]4(C)C3CC[C@@]21C)C(C)C. The van der Waals surface area contributed by atoms with Crippen molar-refractivity contribution in [2.75, 3.05) is 0 Å². The Morgan fingerprint density at radius 1 is 1.03 bits per heavy atom. The maximum atomic E-state index is 13.7. The van der Waals surface area contributed by atoms with Crippen LogP contribution < -0.4 is 0 Å². The maximum absolute atomic E-state index is 13.7. The molecule has 3 saturated carbocycles. The summed E-state index contributed by atoms with van der Waals surface area (Å²) in [6.07, 6.45) is 11.4. The van der Waals surface area contributed by atoms with Crippen molar-refractivity contribution in [3.63, 3.8) is 0 Å². The van der Waals surface area contributed by atoms with Gasteiger partial charge in [0.25, 0.3) is 0 Å². The molecule has 0 heterocycles. The highest BCUT2D eigenvalue weighted by Gasteiger charge is 2.60. The van der Waals surface area contributed by atoms with Gasteiger partial charge in [-0.3, -0.25) is 4.79 Å². The van der Waals surface area contributed by atoms with Gasteiger partial charge < -0.3 is 10.0 Å². The van der Waals surface area contributed by atoms with E-state index < -0.39 is 5.97 Å². The molecule has 0 aromatic heterocycles. The maximum Gasteiger partial charge on any atom is 0.335 e. The molecule has 0 radical (unpaired) electrons. The van der Waals surface area contributed by atoms with Gasteiger partial charge in [0.05, 0.1) is 5.57 Å². The van der Waals surface area contributed by atoms with E-state index in [1.807, 2.05) is 12.2 Å². The van der Waals surface area contributed by atoms with Gasteiger partial charge >= 0.3 is 5.97 Å². The molecule has 1 N–H and O–H groups in total. The molecule has 4 aliphatic carbocycles. The highest BCUT2D eigenvalue weighted by Crippen LogP contribution is 2.66. The number of nitrogens with zero attached hydrogens (tertiary/aromatic N) is 1. The van der Waals surface area contributed by atoms with Crippen molar-refractivity contribution in [3.05, 3.63) is 23.3 Å². The topological polar surface area (TPSA) is 57.6 Å². The third kappa shape index (κ3) is 3.40. The lowest BCUT2D eigenvalue weighted by molar-refractivity contribution is -0.146. The summed E-state index contributed by atoms with van der Waals surface area (Å²) >= 11 is 0. The Balaban J connectivity index is 1.59. The third-order valence-electron chi connectivity index (χ3n) is 9.72. The first-order chi connectivity index (χ1) is 14.5. The lowest BCUT2D eigenvalue weighted by Crippen LogP contribution is -2.53. The molecular weight excluding hydrogens is 386 g/mol. The number of rotatable bonds is 4. The summed E-state index contributed by atoms with van der Waals surface area (Å²) in [5, 5.41) is 9.46. The van der Waals surface area contributed by atoms with Crippen LogP contribution in [0.15, 0.2) is 23.3 Å². The number of amides is 1. The standard InChI is InChI=1S/C27H41NO3/c1-16(2)28(17(3)4)24(29)23-10-9-21-20-8-7-19-15-18(25(30)31)11-13-26(19,5)22(20)12-14-27(21,23)6/h11,15-17,20-23H,7-10,12-14H2,1-6H3,(H,30,31)/t20?,21?,22?,23-,26+,27+/m1/s1. The molecule has 1 amide bonds. The van der Waals surface area contributed by atoms with Crippen molar-refractivity contribution in [1.29, 1.82) is 0 Å². The Morgan fingerprint density at radius 2 is 1.71 bits per heavy atom. The number of hydrogen-bond acceptors (Lipinski definition) is 2. The number of allylic oxidation sites excluding steroid dienone is 2. The summed E-state index contributed by atoms with van der Waals surface area (Å²) < 4.78 is 0. The van der Waals surface area contributed by atoms with Crippen LogP contribution >= 0.6 is 0 Å². The van der Waals surface area contributed by atoms with E-state index in [4.69, 9.17) is 0 Å². The molecule has 0 bridgehead atoms. The van der Waals surface area contributed by atoms with E-state index in [2.05, 4.69) is 46.4 Å². The van der Waals surface area contributed by atoms with Gasteiger partial charge in [-0.25, -0.2) is 4.79 Å². The van der Waals surface area contributed by atoms with E-state index >= 15 is 0 Å². The largest absolute Gasteiger partial charge is 0.478 e. The van der Waals surface area contributed by atoms with Gasteiger partial charge in [-0.2, -0.15) is 0 Å². The third-order valence-corrected chi connectivity index (χ3v) is 9.72. The summed E-state index contributed by atoms with van der Waals surface area (Å²) in [6.45, 7) is 13.4. The van der Waals surface area contributed by atoms with Gasteiger partial charge in [0.15, 0.2) is 0 Å². The van der Waals surface area contributed by atoms with E-state index in [0.717, 1.165) is 38.5 Å². The van der Waals surface area contributed by atoms with Crippen molar-refractivity contribution in [2.24, 2.45) is 34.5 Å². The van der Waals surface area contributed by atoms with Crippen molar-refractivity contribution in [3.8, 4) is 0 Å². The van der Waals surface area contributed by atoms with Gasteiger partial charge in [0, 0.05) is 18.0 Å². The van der Waals surface area contributed by atoms with Crippen molar-refractivity contribution in [1.82, 2.24) is 4.90 Å². The van der Waals surface area contributed by atoms with Crippen LogP contribution in [0.2, 0.25) is 0 Å². The van der Waals surface area contributed by atoms with Crippen LogP contribution in [0.5, 0.6) is 0 Å². The average Bonchev–Trinajstić information content (AvgIpc) is 3.03. The van der Waals surface area contributed by atoms with E-state index in [-0.39, 0.29) is 28.8 Å². The Morgan fingerprint density at radius 3 is 2.32 bits per heavy atom. The first-order valence-electron chi connectivity index (χ1n) is 12.5. The van der Waals surface area contributed by atoms with Crippen molar-refractivity contribution in [2.45, 2.75) is 98.6 Å². The zero-order valence-corrected chi connectivity index (χ0v) is 20.3. The van der Waals surface area contributed by atoms with Gasteiger partial charge in [-0.1, -0.05) is 25.5 Å². The molecule has 4 rings (SSSR count). The summed E-state index contributed by atoms with van der Waals surface area (Å²) in [5.41, 5.74) is 2.02. The molecule has 0 aromatic carbocycles. The molecule has 31 heavy (non-hydrogen) atoms. The number of hydrogen-bond donors (Lipinski definition) is 1. The van der Waals surface area contributed by atoms with Gasteiger partial charge in [-0.15, -0.1) is 0 Å². The number of carboxylic acid groups (broad SMARTS) is 1. The lowest BCUT2D eigenvalue weighted by Gasteiger charge is -2.58. The highest BCUT2D eigenvalue weighted by molar-refractivity contribution is 5.90. The van der Waals surface area contributed by atoms with Crippen LogP contribution in [0, 0.1) is 34.5 Å². The van der Waals surface area contributed by atoms with Crippen LogP contribution in [0.25, 0.3) is 0 Å². The minimum atomic E-state index is -0.801. The molecule has 4 nitrogen and oxygen atoms in total. The molecule has 0 spiro atoms. The fourth-order valence-corrected chi connectivity index (χ4v) is 8.26. The Kier molecular flexibility index (Phi) is 5.67. The molecule has 0 saturated heterocycles. The smallest absolute Gasteiger partial charge is 0.335 e. The second-order valence-electron chi connectivity index (χ2n) is 11.8. The highest BCUT2D eigenvalue weighted by atomic mass is 16.4. The minimum absolute atomic E-state index is 0.0905. The zero-order valence-electron chi connectivity index (χ0n) is 20.3. The van der Waals surface area contributed by atoms with Crippen molar-refractivity contribution < 1.29 is 14.7 Å². The predicted molar refractivity (Wildman–Crippen MR) is 123 cm³/mol. The number of fused-ring (bicyclic) bond motifs is 5. The molecule has 0 aromatic rings. The van der Waals surface area contributed by atoms with Crippen LogP contribution in [0.3, 0.4) is 0 Å². The average molecular weight is 428 g/mol. The molecule has 4 heteroatoms. The molecule has 3 fully saturated rings. The quantitative estimate of drug-likeness (QED) is 0.614. The van der Waals surface area contributed by atoms with Crippen LogP contribution in [-0.4, -0.2) is 34.0 Å². The first kappa shape index (κ1) is 22.6. The Labute approximate surface area is 188 Å². The monoisotopic (exact) mass is 427 g/mol. The van der Waals surface area contributed by atoms with E-state index in [9.17, 15) is 14.7 Å². The van der Waals surface area contributed by atoms with E-state index in [0.29, 0.717) is 29.2 Å². The Bertz CT molecular complexity index is 816. The second kappa shape index (κ2) is 7.78. The molecular formula is C27H41NO3. The fraction of sp³-hybridized carbons (Fsp3) is 0.778. The molecule has 3 unspecified atom stereocenters. The second-order valence-corrected chi connectivity index (χ2v) is 11.8. The summed E-state index contributed by atoms with van der Waals surface area (Å²) in [6, 6.07) is 0.482. The first-order valence-corrected chi connectivity index (χ1v) is 12.5. The number of carbonyl (C=O) groups is 2. The van der Waals surface area contributed by atoms with Crippen LogP contribution in [0.1, 0.15) is 86.5 Å². The zero-order chi connectivity index (χ0) is 22.7. The number of carbonyl (C=O) groups excluding carboxylic acids is 1.